The molecular weight excluding hydrogens is 234 g/mol. The molecule has 1 saturated carbocycles. The number of nitrogens with zero attached hydrogens (tertiary/aromatic N) is 1. The topological polar surface area (TPSA) is 81.7 Å². The number of rotatable bonds is 4. The molecule has 0 radical (unpaired) electrons. The minimum Gasteiger partial charge on any atom is -0.390 e. The number of imide groups is 1. The van der Waals surface area contributed by atoms with Gasteiger partial charge in [0.2, 0.25) is 0 Å². The van der Waals surface area contributed by atoms with Gasteiger partial charge >= 0.3 is 6.03 Å². The van der Waals surface area contributed by atoms with Gasteiger partial charge in [-0.2, -0.15) is 0 Å². The fourth-order valence-electron chi connectivity index (χ4n) is 2.85. The van der Waals surface area contributed by atoms with E-state index in [-0.39, 0.29) is 18.5 Å². The number of carbonyl (C=O) groups is 2. The van der Waals surface area contributed by atoms with Gasteiger partial charge in [0.1, 0.15) is 5.54 Å². The monoisotopic (exact) mass is 255 g/mol. The fraction of sp³-hybridized carbons (Fsp3) is 0.833. The Balaban J connectivity index is 2.04. The van der Waals surface area contributed by atoms with Crippen molar-refractivity contribution in [3.63, 3.8) is 0 Å². The molecule has 3 N–H and O–H groups in total. The summed E-state index contributed by atoms with van der Waals surface area (Å²) in [6, 6.07) is -0.364. The molecule has 2 fully saturated rings. The van der Waals surface area contributed by atoms with Crippen LogP contribution in [0.15, 0.2) is 0 Å². The highest BCUT2D eigenvalue weighted by molar-refractivity contribution is 6.07. The number of hydrogen-bond donors (Lipinski definition) is 3. The van der Waals surface area contributed by atoms with Crippen molar-refractivity contribution in [3.05, 3.63) is 0 Å². The summed E-state index contributed by atoms with van der Waals surface area (Å²) in [5.41, 5.74) is -0.686. The van der Waals surface area contributed by atoms with E-state index in [1.165, 1.54) is 0 Å². The van der Waals surface area contributed by atoms with Crippen LogP contribution in [0, 0.1) is 0 Å². The van der Waals surface area contributed by atoms with Crippen LogP contribution in [0.3, 0.4) is 0 Å². The Morgan fingerprint density at radius 2 is 2.06 bits per heavy atom. The van der Waals surface area contributed by atoms with Crippen LogP contribution in [-0.2, 0) is 4.79 Å². The van der Waals surface area contributed by atoms with Crippen LogP contribution in [0.2, 0.25) is 0 Å². The third-order valence-corrected chi connectivity index (χ3v) is 3.79. The number of urea groups is 1. The second kappa shape index (κ2) is 5.24. The van der Waals surface area contributed by atoms with E-state index in [2.05, 4.69) is 10.6 Å². The lowest BCUT2D eigenvalue weighted by Gasteiger charge is -2.30. The molecule has 18 heavy (non-hydrogen) atoms. The molecule has 1 unspecified atom stereocenters. The minimum absolute atomic E-state index is 0.0628. The Bertz CT molecular complexity index is 339. The Morgan fingerprint density at radius 1 is 1.39 bits per heavy atom. The fourth-order valence-corrected chi connectivity index (χ4v) is 2.85. The average Bonchev–Trinajstić information content (AvgIpc) is 2.55. The van der Waals surface area contributed by atoms with Gasteiger partial charge in [0.15, 0.2) is 0 Å². The second-order valence-electron chi connectivity index (χ2n) is 5.20. The molecule has 1 heterocycles. The summed E-state index contributed by atoms with van der Waals surface area (Å²) in [5, 5.41) is 15.3. The van der Waals surface area contributed by atoms with Gasteiger partial charge in [-0.05, 0) is 19.9 Å². The van der Waals surface area contributed by atoms with E-state index in [0.29, 0.717) is 6.54 Å². The molecule has 1 spiro atoms. The van der Waals surface area contributed by atoms with Crippen LogP contribution < -0.4 is 10.6 Å². The number of β-amino-alcohol motifs (C(OH)–C–C–N with tert-alkyl or cyclic N) is 1. The van der Waals surface area contributed by atoms with E-state index >= 15 is 0 Å². The van der Waals surface area contributed by atoms with Gasteiger partial charge in [0.05, 0.1) is 12.6 Å². The molecule has 2 rings (SSSR count). The molecule has 0 bridgehead atoms. The summed E-state index contributed by atoms with van der Waals surface area (Å²) < 4.78 is 0. The molecule has 3 amide bonds. The first-order valence-electron chi connectivity index (χ1n) is 6.56. The number of likely N-dealkylation sites (N-methyl/N-ethyl adjacent to an activating group) is 1. The Morgan fingerprint density at radius 3 is 2.67 bits per heavy atom. The third kappa shape index (κ3) is 2.35. The standard InChI is InChI=1S/C12H21N3O3/c1-13-7-9(16)8-15-10(17)12(14-11(15)18)5-3-2-4-6-12/h9,13,16H,2-8H2,1H3,(H,14,18). The molecule has 1 saturated heterocycles. The molecule has 0 aromatic rings. The highest BCUT2D eigenvalue weighted by Crippen LogP contribution is 2.33. The van der Waals surface area contributed by atoms with Crippen molar-refractivity contribution in [1.29, 1.82) is 0 Å². The number of nitrogens with one attached hydrogen (secondary N) is 2. The Labute approximate surface area is 107 Å². The predicted molar refractivity (Wildman–Crippen MR) is 66.0 cm³/mol. The van der Waals surface area contributed by atoms with Gasteiger partial charge in [-0.25, -0.2) is 4.79 Å². The average molecular weight is 255 g/mol. The molecular formula is C12H21N3O3. The van der Waals surface area contributed by atoms with Crippen molar-refractivity contribution >= 4 is 11.9 Å². The summed E-state index contributed by atoms with van der Waals surface area (Å²) in [6.07, 6.45) is 3.78. The maximum Gasteiger partial charge on any atom is 0.325 e. The van der Waals surface area contributed by atoms with Gasteiger partial charge in [-0.3, -0.25) is 9.69 Å². The first kappa shape index (κ1) is 13.3. The molecule has 6 nitrogen and oxygen atoms in total. The van der Waals surface area contributed by atoms with Gasteiger partial charge in [-0.1, -0.05) is 19.3 Å². The zero-order valence-electron chi connectivity index (χ0n) is 10.7. The van der Waals surface area contributed by atoms with E-state index in [9.17, 15) is 14.7 Å². The number of aliphatic hydroxyl groups excluding tert-OH is 1. The van der Waals surface area contributed by atoms with Gasteiger partial charge < -0.3 is 15.7 Å². The lowest BCUT2D eigenvalue weighted by Crippen LogP contribution is -2.49. The quantitative estimate of drug-likeness (QED) is 0.609. The van der Waals surface area contributed by atoms with Gasteiger partial charge in [-0.15, -0.1) is 0 Å². The number of aliphatic hydroxyl groups is 1. The van der Waals surface area contributed by atoms with E-state index in [1.54, 1.807) is 7.05 Å². The van der Waals surface area contributed by atoms with Crippen LogP contribution in [-0.4, -0.2) is 53.7 Å². The largest absolute Gasteiger partial charge is 0.390 e. The Hall–Kier alpha value is -1.14. The van der Waals surface area contributed by atoms with Crippen LogP contribution in [0.25, 0.3) is 0 Å². The summed E-state index contributed by atoms with van der Waals surface area (Å²) in [4.78, 5) is 25.4. The highest BCUT2D eigenvalue weighted by atomic mass is 16.3. The van der Waals surface area contributed by atoms with Crippen LogP contribution >= 0.6 is 0 Å². The lowest BCUT2D eigenvalue weighted by molar-refractivity contribution is -0.133. The molecule has 102 valence electrons. The Kier molecular flexibility index (Phi) is 3.87. The summed E-state index contributed by atoms with van der Waals surface area (Å²) >= 11 is 0. The van der Waals surface area contributed by atoms with E-state index < -0.39 is 11.6 Å². The number of carbonyl (C=O) groups excluding carboxylic acids is 2. The number of hydrogen-bond acceptors (Lipinski definition) is 4. The molecule has 1 aliphatic carbocycles. The van der Waals surface area contributed by atoms with Crippen molar-refractivity contribution in [2.24, 2.45) is 0 Å². The first-order chi connectivity index (χ1) is 8.59. The van der Waals surface area contributed by atoms with Gasteiger partial charge in [0.25, 0.3) is 5.91 Å². The maximum atomic E-state index is 12.3. The lowest BCUT2D eigenvalue weighted by atomic mass is 9.82. The van der Waals surface area contributed by atoms with Crippen LogP contribution in [0.5, 0.6) is 0 Å². The zero-order chi connectivity index (χ0) is 13.2. The van der Waals surface area contributed by atoms with Crippen molar-refractivity contribution in [1.82, 2.24) is 15.5 Å². The van der Waals surface area contributed by atoms with Crippen LogP contribution in [0.1, 0.15) is 32.1 Å². The molecule has 2 aliphatic rings. The molecule has 1 atom stereocenters. The van der Waals surface area contributed by atoms with Crippen LogP contribution in [0.4, 0.5) is 4.79 Å². The second-order valence-corrected chi connectivity index (χ2v) is 5.20. The normalized spacial score (nSPS) is 24.4. The van der Waals surface area contributed by atoms with Gasteiger partial charge in [0, 0.05) is 6.54 Å². The zero-order valence-corrected chi connectivity index (χ0v) is 10.7. The molecule has 0 aromatic heterocycles. The smallest absolute Gasteiger partial charge is 0.325 e. The van der Waals surface area contributed by atoms with E-state index in [0.717, 1.165) is 37.0 Å². The van der Waals surface area contributed by atoms with Crippen molar-refractivity contribution < 1.29 is 14.7 Å². The third-order valence-electron chi connectivity index (χ3n) is 3.79. The van der Waals surface area contributed by atoms with E-state index in [4.69, 9.17) is 0 Å². The summed E-state index contributed by atoms with van der Waals surface area (Å²) in [6.45, 7) is 0.428. The van der Waals surface area contributed by atoms with E-state index in [1.807, 2.05) is 0 Å². The number of amides is 3. The molecule has 6 heteroatoms. The molecule has 0 aromatic carbocycles. The minimum atomic E-state index is -0.719. The summed E-state index contributed by atoms with van der Waals surface area (Å²) in [7, 11) is 1.72. The van der Waals surface area contributed by atoms with Crippen molar-refractivity contribution in [2.75, 3.05) is 20.1 Å². The van der Waals surface area contributed by atoms with Crippen molar-refractivity contribution in [2.45, 2.75) is 43.7 Å². The SMILES string of the molecule is CNCC(O)CN1C(=O)NC2(CCCCC2)C1=O. The highest BCUT2D eigenvalue weighted by Gasteiger charge is 2.51. The predicted octanol–water partition coefficient (Wildman–Crippen LogP) is -0.179. The molecule has 1 aliphatic heterocycles. The van der Waals surface area contributed by atoms with Crippen molar-refractivity contribution in [3.8, 4) is 0 Å². The first-order valence-corrected chi connectivity index (χ1v) is 6.56. The summed E-state index contributed by atoms with van der Waals surface area (Å²) in [5.74, 6) is -0.164. The maximum absolute atomic E-state index is 12.3.